The number of amides is 3. The van der Waals surface area contributed by atoms with E-state index in [1.165, 1.54) is 0 Å². The van der Waals surface area contributed by atoms with Crippen molar-refractivity contribution in [3.05, 3.63) is 83.9 Å². The number of nitrogens with two attached hydrogens (primary N) is 1. The van der Waals surface area contributed by atoms with Crippen LogP contribution in [0.3, 0.4) is 0 Å². The number of carbonyl (C=O) groups is 3. The highest BCUT2D eigenvalue weighted by molar-refractivity contribution is 5.89. The molecule has 0 aliphatic rings. The van der Waals surface area contributed by atoms with Gasteiger partial charge in [0.05, 0.1) is 12.5 Å². The summed E-state index contributed by atoms with van der Waals surface area (Å²) in [6, 6.07) is 21.7. The first-order valence-electron chi connectivity index (χ1n) is 10.6. The van der Waals surface area contributed by atoms with E-state index in [4.69, 9.17) is 10.5 Å². The van der Waals surface area contributed by atoms with Crippen molar-refractivity contribution >= 4 is 28.7 Å². The van der Waals surface area contributed by atoms with Gasteiger partial charge < -0.3 is 26.2 Å². The monoisotopic (exact) mass is 449 g/mol. The topological polar surface area (TPSA) is 131 Å². The van der Waals surface area contributed by atoms with Gasteiger partial charge in [0.1, 0.15) is 12.6 Å². The fraction of sp³-hybridized carbons (Fsp3) is 0.240. The van der Waals surface area contributed by atoms with Crippen LogP contribution >= 0.6 is 0 Å². The van der Waals surface area contributed by atoms with Gasteiger partial charge in [0.15, 0.2) is 0 Å². The summed E-state index contributed by atoms with van der Waals surface area (Å²) in [6.07, 6.45) is -1.94. The van der Waals surface area contributed by atoms with Crippen LogP contribution in [0.4, 0.5) is 4.79 Å². The molecule has 0 radical (unpaired) electrons. The van der Waals surface area contributed by atoms with Crippen LogP contribution in [0.1, 0.15) is 17.5 Å². The Hall–Kier alpha value is -3.91. The number of ether oxygens (including phenoxy) is 1. The summed E-state index contributed by atoms with van der Waals surface area (Å²) >= 11 is 0. The van der Waals surface area contributed by atoms with Gasteiger partial charge in [-0.15, -0.1) is 0 Å². The molecule has 33 heavy (non-hydrogen) atoms. The SMILES string of the molecule is NC(=O)[C@@H](Cc1cccc2ccccc12)NC(=O)C[C@H](O)CNC(=O)OCc1ccccc1. The molecule has 0 saturated carbocycles. The highest BCUT2D eigenvalue weighted by Gasteiger charge is 2.21. The maximum Gasteiger partial charge on any atom is 0.407 e. The number of hydrogen-bond acceptors (Lipinski definition) is 5. The van der Waals surface area contributed by atoms with Gasteiger partial charge in [-0.3, -0.25) is 9.59 Å². The lowest BCUT2D eigenvalue weighted by Crippen LogP contribution is -2.47. The summed E-state index contributed by atoms with van der Waals surface area (Å²) < 4.78 is 5.06. The largest absolute Gasteiger partial charge is 0.445 e. The fourth-order valence-electron chi connectivity index (χ4n) is 3.43. The van der Waals surface area contributed by atoms with Gasteiger partial charge in [0, 0.05) is 13.0 Å². The van der Waals surface area contributed by atoms with Crippen molar-refractivity contribution in [2.75, 3.05) is 6.54 Å². The summed E-state index contributed by atoms with van der Waals surface area (Å²) in [5.74, 6) is -1.22. The average molecular weight is 450 g/mol. The molecule has 0 saturated heterocycles. The molecule has 0 bridgehead atoms. The fourth-order valence-corrected chi connectivity index (χ4v) is 3.43. The smallest absolute Gasteiger partial charge is 0.407 e. The molecule has 3 aromatic carbocycles. The van der Waals surface area contributed by atoms with E-state index in [2.05, 4.69) is 10.6 Å². The lowest BCUT2D eigenvalue weighted by molar-refractivity contribution is -0.128. The Bertz CT molecular complexity index is 1100. The van der Waals surface area contributed by atoms with E-state index in [0.29, 0.717) is 0 Å². The molecular formula is C25H27N3O5. The van der Waals surface area contributed by atoms with Crippen molar-refractivity contribution in [3.63, 3.8) is 0 Å². The van der Waals surface area contributed by atoms with E-state index >= 15 is 0 Å². The molecule has 3 aromatic rings. The molecule has 0 fully saturated rings. The van der Waals surface area contributed by atoms with Gasteiger partial charge in [-0.25, -0.2) is 4.79 Å². The Morgan fingerprint density at radius 1 is 0.939 bits per heavy atom. The Kier molecular flexibility index (Phi) is 8.37. The third-order valence-corrected chi connectivity index (χ3v) is 5.10. The summed E-state index contributed by atoms with van der Waals surface area (Å²) in [5, 5.41) is 17.1. The van der Waals surface area contributed by atoms with Crippen molar-refractivity contribution < 1.29 is 24.2 Å². The normalized spacial score (nSPS) is 12.5. The Labute approximate surface area is 191 Å². The van der Waals surface area contributed by atoms with Crippen LogP contribution in [0.25, 0.3) is 10.8 Å². The van der Waals surface area contributed by atoms with Gasteiger partial charge in [-0.05, 0) is 21.9 Å². The van der Waals surface area contributed by atoms with Crippen LogP contribution in [0.5, 0.6) is 0 Å². The Morgan fingerprint density at radius 3 is 2.39 bits per heavy atom. The third-order valence-electron chi connectivity index (χ3n) is 5.10. The highest BCUT2D eigenvalue weighted by atomic mass is 16.5. The number of benzene rings is 3. The second kappa shape index (κ2) is 11.6. The number of nitrogens with one attached hydrogen (secondary N) is 2. The first-order chi connectivity index (χ1) is 15.9. The molecule has 0 unspecified atom stereocenters. The van der Waals surface area contributed by atoms with Crippen molar-refractivity contribution in [3.8, 4) is 0 Å². The molecule has 8 nitrogen and oxygen atoms in total. The number of rotatable bonds is 10. The van der Waals surface area contributed by atoms with Crippen LogP contribution in [-0.4, -0.2) is 41.7 Å². The average Bonchev–Trinajstić information content (AvgIpc) is 2.81. The molecule has 0 aromatic heterocycles. The summed E-state index contributed by atoms with van der Waals surface area (Å²) in [4.78, 5) is 36.1. The van der Waals surface area contributed by atoms with Crippen molar-refractivity contribution in [2.45, 2.75) is 31.6 Å². The molecule has 0 heterocycles. The molecule has 5 N–H and O–H groups in total. The third kappa shape index (κ3) is 7.33. The van der Waals surface area contributed by atoms with Crippen LogP contribution in [0, 0.1) is 0 Å². The molecule has 8 heteroatoms. The summed E-state index contributed by atoms with van der Waals surface area (Å²) in [6.45, 7) is -0.0800. The summed E-state index contributed by atoms with van der Waals surface area (Å²) in [5.41, 5.74) is 7.20. The molecule has 2 atom stereocenters. The molecule has 3 amide bonds. The molecule has 3 rings (SSSR count). The van der Waals surface area contributed by atoms with Gasteiger partial charge in [-0.1, -0.05) is 72.8 Å². The number of primary amides is 1. The second-order valence-electron chi connectivity index (χ2n) is 7.67. The van der Waals surface area contributed by atoms with Crippen LogP contribution in [0.15, 0.2) is 72.8 Å². The number of aliphatic hydroxyl groups is 1. The second-order valence-corrected chi connectivity index (χ2v) is 7.67. The maximum absolute atomic E-state index is 12.4. The van der Waals surface area contributed by atoms with E-state index in [1.807, 2.05) is 72.8 Å². The lowest BCUT2D eigenvalue weighted by Gasteiger charge is -2.18. The Balaban J connectivity index is 1.47. The van der Waals surface area contributed by atoms with E-state index < -0.39 is 30.1 Å². The first kappa shape index (κ1) is 23.7. The zero-order valence-corrected chi connectivity index (χ0v) is 18.1. The minimum Gasteiger partial charge on any atom is -0.445 e. The number of hydrogen-bond donors (Lipinski definition) is 4. The van der Waals surface area contributed by atoms with Gasteiger partial charge >= 0.3 is 6.09 Å². The van der Waals surface area contributed by atoms with Gasteiger partial charge in [0.2, 0.25) is 11.8 Å². The van der Waals surface area contributed by atoms with Crippen molar-refractivity contribution in [1.29, 1.82) is 0 Å². The number of aliphatic hydroxyl groups excluding tert-OH is 1. The Morgan fingerprint density at radius 2 is 1.64 bits per heavy atom. The standard InChI is InChI=1S/C25H27N3O5/c26-24(31)22(13-19-11-6-10-18-9-4-5-12-21(18)19)28-23(30)14-20(29)15-27-25(32)33-16-17-7-2-1-3-8-17/h1-12,20,22,29H,13-16H2,(H2,26,31)(H,27,32)(H,28,30)/t20-,22+/m0/s1. The van der Waals surface area contributed by atoms with Crippen LogP contribution in [0.2, 0.25) is 0 Å². The van der Waals surface area contributed by atoms with E-state index in [1.54, 1.807) is 0 Å². The predicted octanol–water partition coefficient (Wildman–Crippen LogP) is 2.03. The quantitative estimate of drug-likeness (QED) is 0.376. The van der Waals surface area contributed by atoms with E-state index in [-0.39, 0.29) is 26.0 Å². The molecule has 0 spiro atoms. The van der Waals surface area contributed by atoms with Gasteiger partial charge in [-0.2, -0.15) is 0 Å². The zero-order valence-electron chi connectivity index (χ0n) is 18.1. The van der Waals surface area contributed by atoms with Gasteiger partial charge in [0.25, 0.3) is 0 Å². The summed E-state index contributed by atoms with van der Waals surface area (Å²) in [7, 11) is 0. The van der Waals surface area contributed by atoms with E-state index in [0.717, 1.165) is 21.9 Å². The number of carbonyl (C=O) groups excluding carboxylic acids is 3. The first-order valence-corrected chi connectivity index (χ1v) is 10.6. The molecule has 172 valence electrons. The molecular weight excluding hydrogens is 422 g/mol. The van der Waals surface area contributed by atoms with Crippen molar-refractivity contribution in [1.82, 2.24) is 10.6 Å². The van der Waals surface area contributed by atoms with Crippen LogP contribution in [-0.2, 0) is 27.4 Å². The number of fused-ring (bicyclic) bond motifs is 1. The predicted molar refractivity (Wildman–Crippen MR) is 124 cm³/mol. The zero-order chi connectivity index (χ0) is 23.6. The molecule has 0 aliphatic carbocycles. The highest BCUT2D eigenvalue weighted by Crippen LogP contribution is 2.19. The lowest BCUT2D eigenvalue weighted by atomic mass is 9.98. The minimum absolute atomic E-state index is 0.0950. The minimum atomic E-state index is -1.15. The van der Waals surface area contributed by atoms with Crippen LogP contribution < -0.4 is 16.4 Å². The maximum atomic E-state index is 12.4. The number of alkyl carbamates (subject to hydrolysis) is 1. The van der Waals surface area contributed by atoms with Crippen molar-refractivity contribution in [2.24, 2.45) is 5.73 Å². The molecule has 0 aliphatic heterocycles. The van der Waals surface area contributed by atoms with E-state index in [9.17, 15) is 19.5 Å².